The predicted molar refractivity (Wildman–Crippen MR) is 50.3 cm³/mol. The molecule has 0 aliphatic carbocycles. The van der Waals surface area contributed by atoms with Crippen LogP contribution in [-0.2, 0) is 10.3 Å². The average molecular weight is 213 g/mol. The van der Waals surface area contributed by atoms with Gasteiger partial charge in [0.1, 0.15) is 6.54 Å². The normalized spacial score (nSPS) is 14.5. The van der Waals surface area contributed by atoms with Crippen LogP contribution in [0.2, 0.25) is 0 Å². The average Bonchev–Trinajstić information content (AvgIpc) is 2.61. The van der Waals surface area contributed by atoms with E-state index >= 15 is 0 Å². The van der Waals surface area contributed by atoms with Gasteiger partial charge in [0.25, 0.3) is 0 Å². The zero-order valence-electron chi connectivity index (χ0n) is 8.12. The highest BCUT2D eigenvalue weighted by Crippen LogP contribution is 2.17. The summed E-state index contributed by atoms with van der Waals surface area (Å²) in [4.78, 5) is 21.2. The SMILES string of the molecule is Cc1cnn(C(CO)(CN=O)C(=O)O)c1. The van der Waals surface area contributed by atoms with Crippen molar-refractivity contribution >= 4 is 5.97 Å². The molecule has 0 fully saturated rings. The summed E-state index contributed by atoms with van der Waals surface area (Å²) >= 11 is 0. The molecule has 0 saturated carbocycles. The quantitative estimate of drug-likeness (QED) is 0.655. The molecule has 0 aliphatic rings. The number of carbonyl (C=O) groups is 1. The lowest BCUT2D eigenvalue weighted by Gasteiger charge is -2.24. The molecule has 0 saturated heterocycles. The van der Waals surface area contributed by atoms with Crippen LogP contribution in [0.1, 0.15) is 5.56 Å². The molecule has 0 bridgehead atoms. The molecular weight excluding hydrogens is 202 g/mol. The van der Waals surface area contributed by atoms with Crippen molar-refractivity contribution in [2.24, 2.45) is 5.18 Å². The van der Waals surface area contributed by atoms with Crippen LogP contribution < -0.4 is 0 Å². The number of hydrogen-bond donors (Lipinski definition) is 2. The molecule has 0 aliphatic heterocycles. The lowest BCUT2D eigenvalue weighted by Crippen LogP contribution is -2.48. The molecule has 1 aromatic rings. The number of nitrogens with zero attached hydrogens (tertiary/aromatic N) is 3. The second kappa shape index (κ2) is 4.18. The molecule has 1 unspecified atom stereocenters. The van der Waals surface area contributed by atoms with Gasteiger partial charge in [-0.2, -0.15) is 10.0 Å². The Labute approximate surface area is 85.3 Å². The molecule has 7 heteroatoms. The van der Waals surface area contributed by atoms with E-state index in [1.165, 1.54) is 12.4 Å². The maximum atomic E-state index is 11.0. The molecule has 0 spiro atoms. The Morgan fingerprint density at radius 3 is 2.73 bits per heavy atom. The number of aromatic nitrogens is 2. The zero-order chi connectivity index (χ0) is 11.5. The van der Waals surface area contributed by atoms with Gasteiger partial charge >= 0.3 is 5.97 Å². The van der Waals surface area contributed by atoms with Crippen LogP contribution in [0.4, 0.5) is 0 Å². The van der Waals surface area contributed by atoms with Crippen molar-refractivity contribution in [3.63, 3.8) is 0 Å². The second-order valence-corrected chi connectivity index (χ2v) is 3.24. The topological polar surface area (TPSA) is 105 Å². The fourth-order valence-electron chi connectivity index (χ4n) is 1.18. The summed E-state index contributed by atoms with van der Waals surface area (Å²) < 4.78 is 1.05. The van der Waals surface area contributed by atoms with Crippen molar-refractivity contribution in [1.29, 1.82) is 0 Å². The van der Waals surface area contributed by atoms with Gasteiger partial charge in [0, 0.05) is 6.20 Å². The summed E-state index contributed by atoms with van der Waals surface area (Å²) in [5, 5.41) is 24.4. The van der Waals surface area contributed by atoms with Crippen molar-refractivity contribution in [1.82, 2.24) is 9.78 Å². The number of aliphatic hydroxyl groups excluding tert-OH is 1. The van der Waals surface area contributed by atoms with Gasteiger partial charge in [-0.25, -0.2) is 4.79 Å². The smallest absolute Gasteiger partial charge is 0.336 e. The van der Waals surface area contributed by atoms with Gasteiger partial charge in [-0.15, -0.1) is 0 Å². The first-order chi connectivity index (χ1) is 7.06. The minimum Gasteiger partial charge on any atom is -0.479 e. The van der Waals surface area contributed by atoms with Crippen LogP contribution in [0.3, 0.4) is 0 Å². The summed E-state index contributed by atoms with van der Waals surface area (Å²) in [5.74, 6) is -1.34. The summed E-state index contributed by atoms with van der Waals surface area (Å²) in [7, 11) is 0. The molecular formula is C8H11N3O4. The van der Waals surface area contributed by atoms with Crippen LogP contribution >= 0.6 is 0 Å². The number of nitroso groups, excluding NO2 is 1. The van der Waals surface area contributed by atoms with Gasteiger partial charge in [0.15, 0.2) is 0 Å². The van der Waals surface area contributed by atoms with Crippen LogP contribution in [0.25, 0.3) is 0 Å². The standard InChI is InChI=1S/C8H11N3O4/c1-6-2-9-11(3-6)8(5-12,4-10-15)7(13)14/h2-3,12H,4-5H2,1H3,(H,13,14). The third-order valence-electron chi connectivity index (χ3n) is 2.14. The first-order valence-corrected chi connectivity index (χ1v) is 4.22. The minimum absolute atomic E-state index is 0.569. The number of hydrogen-bond acceptors (Lipinski definition) is 5. The Kier molecular flexibility index (Phi) is 3.15. The van der Waals surface area contributed by atoms with Gasteiger partial charge in [0.05, 0.1) is 12.8 Å². The van der Waals surface area contributed by atoms with E-state index < -0.39 is 24.7 Å². The molecule has 0 amide bonds. The zero-order valence-corrected chi connectivity index (χ0v) is 8.12. The van der Waals surface area contributed by atoms with Crippen molar-refractivity contribution in [2.75, 3.05) is 13.2 Å². The number of aliphatic carboxylic acids is 1. The van der Waals surface area contributed by atoms with Gasteiger partial charge in [-0.1, -0.05) is 5.18 Å². The summed E-state index contributed by atoms with van der Waals surface area (Å²) in [5.41, 5.74) is -1.06. The molecule has 1 atom stereocenters. The fourth-order valence-corrected chi connectivity index (χ4v) is 1.18. The molecule has 0 radical (unpaired) electrons. The second-order valence-electron chi connectivity index (χ2n) is 3.24. The van der Waals surface area contributed by atoms with Crippen LogP contribution in [0, 0.1) is 11.8 Å². The fraction of sp³-hybridized carbons (Fsp3) is 0.500. The summed E-state index contributed by atoms with van der Waals surface area (Å²) in [6.45, 7) is 0.414. The predicted octanol–water partition coefficient (Wildman–Crippen LogP) is -0.270. The molecule has 7 nitrogen and oxygen atoms in total. The van der Waals surface area contributed by atoms with E-state index in [1.807, 2.05) is 0 Å². The Balaban J connectivity index is 3.19. The van der Waals surface area contributed by atoms with Crippen LogP contribution in [0.15, 0.2) is 17.6 Å². The molecule has 82 valence electrons. The van der Waals surface area contributed by atoms with Gasteiger partial charge in [-0.3, -0.25) is 4.68 Å². The third-order valence-corrected chi connectivity index (χ3v) is 2.14. The van der Waals surface area contributed by atoms with Crippen molar-refractivity contribution in [2.45, 2.75) is 12.5 Å². The number of aliphatic hydroxyl groups is 1. The Morgan fingerprint density at radius 1 is 1.73 bits per heavy atom. The Bertz CT molecular complexity index is 376. The van der Waals surface area contributed by atoms with E-state index in [9.17, 15) is 9.70 Å². The molecule has 1 aromatic heterocycles. The van der Waals surface area contributed by atoms with E-state index in [4.69, 9.17) is 10.2 Å². The highest BCUT2D eigenvalue weighted by molar-refractivity contribution is 5.77. The monoisotopic (exact) mass is 213 g/mol. The van der Waals surface area contributed by atoms with E-state index in [2.05, 4.69) is 10.3 Å². The highest BCUT2D eigenvalue weighted by Gasteiger charge is 2.41. The molecule has 1 heterocycles. The number of carboxylic acids is 1. The number of rotatable bonds is 5. The lowest BCUT2D eigenvalue weighted by molar-refractivity contribution is -0.149. The van der Waals surface area contributed by atoms with Crippen molar-refractivity contribution in [3.8, 4) is 0 Å². The third kappa shape index (κ3) is 1.86. The Hall–Kier alpha value is -1.76. The highest BCUT2D eigenvalue weighted by atomic mass is 16.4. The van der Waals surface area contributed by atoms with Gasteiger partial charge in [0.2, 0.25) is 5.54 Å². The van der Waals surface area contributed by atoms with E-state index in [0.717, 1.165) is 10.2 Å². The first-order valence-electron chi connectivity index (χ1n) is 4.22. The maximum Gasteiger partial charge on any atom is 0.336 e. The minimum atomic E-state index is -1.80. The molecule has 15 heavy (non-hydrogen) atoms. The molecule has 2 N–H and O–H groups in total. The molecule has 0 aromatic carbocycles. The van der Waals surface area contributed by atoms with E-state index in [-0.39, 0.29) is 0 Å². The Morgan fingerprint density at radius 2 is 2.40 bits per heavy atom. The lowest BCUT2D eigenvalue weighted by atomic mass is 10.0. The summed E-state index contributed by atoms with van der Waals surface area (Å²) in [6.07, 6.45) is 2.88. The largest absolute Gasteiger partial charge is 0.479 e. The molecule has 1 rings (SSSR count). The summed E-state index contributed by atoms with van der Waals surface area (Å²) in [6, 6.07) is 0. The van der Waals surface area contributed by atoms with Crippen molar-refractivity contribution < 1.29 is 15.0 Å². The van der Waals surface area contributed by atoms with E-state index in [1.54, 1.807) is 6.92 Å². The van der Waals surface area contributed by atoms with Crippen LogP contribution in [-0.4, -0.2) is 39.1 Å². The van der Waals surface area contributed by atoms with Gasteiger partial charge in [-0.05, 0) is 12.5 Å². The number of aryl methyl sites for hydroxylation is 1. The maximum absolute atomic E-state index is 11.0. The first kappa shape index (κ1) is 11.3. The van der Waals surface area contributed by atoms with Gasteiger partial charge < -0.3 is 10.2 Å². The van der Waals surface area contributed by atoms with Crippen molar-refractivity contribution in [3.05, 3.63) is 22.9 Å². The van der Waals surface area contributed by atoms with Crippen LogP contribution in [0.5, 0.6) is 0 Å². The number of carboxylic acid groups (broad SMARTS) is 1. The van der Waals surface area contributed by atoms with E-state index in [0.29, 0.717) is 0 Å².